The Morgan fingerprint density at radius 3 is 2.24 bits per heavy atom. The summed E-state index contributed by atoms with van der Waals surface area (Å²) in [5.41, 5.74) is 4.14. The molecule has 1 N–H and O–H groups in total. The van der Waals surface area contributed by atoms with Gasteiger partial charge in [-0.05, 0) is 48.8 Å². The number of rotatable bonds is 9. The fourth-order valence-electron chi connectivity index (χ4n) is 2.68. The Bertz CT molecular complexity index is 418. The van der Waals surface area contributed by atoms with Gasteiger partial charge < -0.3 is 14.8 Å². The van der Waals surface area contributed by atoms with Crippen molar-refractivity contribution in [3.8, 4) is 5.75 Å². The van der Waals surface area contributed by atoms with E-state index < -0.39 is 0 Å². The van der Waals surface area contributed by atoms with Crippen LogP contribution in [0.2, 0.25) is 0 Å². The summed E-state index contributed by atoms with van der Waals surface area (Å²) in [7, 11) is 3.48. The summed E-state index contributed by atoms with van der Waals surface area (Å²) >= 11 is 0. The zero-order chi connectivity index (χ0) is 15.9. The van der Waals surface area contributed by atoms with E-state index in [9.17, 15) is 0 Å². The molecule has 3 nitrogen and oxygen atoms in total. The van der Waals surface area contributed by atoms with E-state index in [1.165, 1.54) is 16.7 Å². The van der Waals surface area contributed by atoms with Gasteiger partial charge in [0.25, 0.3) is 0 Å². The van der Waals surface area contributed by atoms with E-state index in [0.717, 1.165) is 38.3 Å². The zero-order valence-electron chi connectivity index (χ0n) is 14.5. The van der Waals surface area contributed by atoms with Crippen molar-refractivity contribution in [3.63, 3.8) is 0 Å². The number of methoxy groups -OCH3 is 2. The van der Waals surface area contributed by atoms with Gasteiger partial charge in [0, 0.05) is 20.2 Å². The van der Waals surface area contributed by atoms with E-state index in [4.69, 9.17) is 9.47 Å². The van der Waals surface area contributed by atoms with Crippen LogP contribution in [0.25, 0.3) is 0 Å². The van der Waals surface area contributed by atoms with E-state index >= 15 is 0 Å². The van der Waals surface area contributed by atoms with Crippen LogP contribution in [-0.4, -0.2) is 33.9 Å². The second kappa shape index (κ2) is 8.40. The highest BCUT2D eigenvalue weighted by Crippen LogP contribution is 2.27. The molecule has 0 saturated heterocycles. The molecule has 0 aromatic heterocycles. The lowest BCUT2D eigenvalue weighted by molar-refractivity contribution is 0.193. The van der Waals surface area contributed by atoms with Gasteiger partial charge in [0.2, 0.25) is 0 Å². The van der Waals surface area contributed by atoms with Gasteiger partial charge in [0.05, 0.1) is 13.7 Å². The summed E-state index contributed by atoms with van der Waals surface area (Å²) in [5, 5.41) is 3.46. The molecule has 1 aromatic carbocycles. The van der Waals surface area contributed by atoms with Gasteiger partial charge in [-0.1, -0.05) is 26.0 Å². The smallest absolute Gasteiger partial charge is 0.124 e. The van der Waals surface area contributed by atoms with E-state index in [2.05, 4.69) is 45.1 Å². The number of benzene rings is 1. The molecule has 0 aliphatic carbocycles. The molecule has 0 heterocycles. The highest BCUT2D eigenvalue weighted by atomic mass is 16.5. The number of aryl methyl sites for hydroxylation is 3. The normalized spacial score (nSPS) is 11.7. The first-order chi connectivity index (χ1) is 9.89. The maximum Gasteiger partial charge on any atom is 0.124 e. The predicted octanol–water partition coefficient (Wildman–Crippen LogP) is 3.51. The van der Waals surface area contributed by atoms with Crippen LogP contribution in [-0.2, 0) is 11.2 Å². The molecule has 1 aromatic rings. The Morgan fingerprint density at radius 1 is 1.10 bits per heavy atom. The molecule has 0 bridgehead atoms. The molecule has 0 atom stereocenters. The maximum atomic E-state index is 5.43. The highest BCUT2D eigenvalue weighted by molar-refractivity contribution is 5.43. The number of hydrogen-bond donors (Lipinski definition) is 1. The third kappa shape index (κ3) is 6.06. The molecule has 0 aliphatic heterocycles. The lowest BCUT2D eigenvalue weighted by Gasteiger charge is -2.25. The van der Waals surface area contributed by atoms with Crippen molar-refractivity contribution in [2.75, 3.05) is 33.9 Å². The Labute approximate surface area is 130 Å². The molecule has 0 spiro atoms. The van der Waals surface area contributed by atoms with Crippen molar-refractivity contribution in [1.82, 2.24) is 5.32 Å². The topological polar surface area (TPSA) is 30.5 Å². The Hall–Kier alpha value is -1.06. The maximum absolute atomic E-state index is 5.43. The van der Waals surface area contributed by atoms with Crippen LogP contribution in [0.5, 0.6) is 5.75 Å². The molecule has 0 aliphatic rings. The van der Waals surface area contributed by atoms with Gasteiger partial charge in [-0.2, -0.15) is 0 Å². The second-order valence-electron chi connectivity index (χ2n) is 6.60. The van der Waals surface area contributed by atoms with Crippen molar-refractivity contribution in [1.29, 1.82) is 0 Å². The summed E-state index contributed by atoms with van der Waals surface area (Å²) in [6.45, 7) is 11.6. The number of ether oxygens (including phenoxy) is 2. The average molecular weight is 293 g/mol. The van der Waals surface area contributed by atoms with Gasteiger partial charge in [-0.3, -0.25) is 0 Å². The molecule has 0 fully saturated rings. The Kier molecular flexibility index (Phi) is 7.20. The Morgan fingerprint density at radius 2 is 1.71 bits per heavy atom. The van der Waals surface area contributed by atoms with Gasteiger partial charge in [0.1, 0.15) is 5.75 Å². The minimum atomic E-state index is 0.287. The minimum absolute atomic E-state index is 0.287. The van der Waals surface area contributed by atoms with Gasteiger partial charge in [-0.25, -0.2) is 0 Å². The lowest BCUT2D eigenvalue weighted by atomic mass is 9.85. The van der Waals surface area contributed by atoms with Crippen molar-refractivity contribution >= 4 is 0 Å². The largest absolute Gasteiger partial charge is 0.496 e. The van der Waals surface area contributed by atoms with E-state index in [1.54, 1.807) is 14.2 Å². The van der Waals surface area contributed by atoms with Gasteiger partial charge >= 0.3 is 0 Å². The van der Waals surface area contributed by atoms with Crippen LogP contribution in [0.1, 0.15) is 37.0 Å². The van der Waals surface area contributed by atoms with Crippen LogP contribution in [0.4, 0.5) is 0 Å². The van der Waals surface area contributed by atoms with E-state index in [0.29, 0.717) is 0 Å². The monoisotopic (exact) mass is 293 g/mol. The summed E-state index contributed by atoms with van der Waals surface area (Å²) < 4.78 is 10.5. The number of nitrogens with one attached hydrogen (secondary N) is 1. The van der Waals surface area contributed by atoms with Crippen LogP contribution >= 0.6 is 0 Å². The SMILES string of the molecule is COCCNCC(C)(C)CCc1cc(C)c(OC)c(C)c1. The van der Waals surface area contributed by atoms with E-state index in [-0.39, 0.29) is 5.41 Å². The summed E-state index contributed by atoms with van der Waals surface area (Å²) in [6.07, 6.45) is 2.27. The first kappa shape index (κ1) is 18.0. The molecule has 0 unspecified atom stereocenters. The molecule has 1 rings (SSSR count). The average Bonchev–Trinajstić information content (AvgIpc) is 2.41. The van der Waals surface area contributed by atoms with Crippen molar-refractivity contribution in [3.05, 3.63) is 28.8 Å². The Balaban J connectivity index is 2.54. The first-order valence-electron chi connectivity index (χ1n) is 7.73. The lowest BCUT2D eigenvalue weighted by Crippen LogP contribution is -2.32. The van der Waals surface area contributed by atoms with Gasteiger partial charge in [-0.15, -0.1) is 0 Å². The molecule has 3 heteroatoms. The van der Waals surface area contributed by atoms with Crippen LogP contribution in [0, 0.1) is 19.3 Å². The molecule has 0 saturated carbocycles. The van der Waals surface area contributed by atoms with Gasteiger partial charge in [0.15, 0.2) is 0 Å². The van der Waals surface area contributed by atoms with Crippen molar-refractivity contribution in [2.45, 2.75) is 40.5 Å². The highest BCUT2D eigenvalue weighted by Gasteiger charge is 2.17. The van der Waals surface area contributed by atoms with Crippen molar-refractivity contribution in [2.24, 2.45) is 5.41 Å². The second-order valence-corrected chi connectivity index (χ2v) is 6.60. The molecule has 21 heavy (non-hydrogen) atoms. The molecular weight excluding hydrogens is 262 g/mol. The summed E-state index contributed by atoms with van der Waals surface area (Å²) in [4.78, 5) is 0. The minimum Gasteiger partial charge on any atom is -0.496 e. The molecule has 0 radical (unpaired) electrons. The predicted molar refractivity (Wildman–Crippen MR) is 89.3 cm³/mol. The molecular formula is C18H31NO2. The molecule has 0 amide bonds. The van der Waals surface area contributed by atoms with Crippen molar-refractivity contribution < 1.29 is 9.47 Å². The van der Waals surface area contributed by atoms with Crippen LogP contribution in [0.3, 0.4) is 0 Å². The third-order valence-electron chi connectivity index (χ3n) is 3.90. The summed E-state index contributed by atoms with van der Waals surface area (Å²) in [5.74, 6) is 1.01. The van der Waals surface area contributed by atoms with Crippen LogP contribution < -0.4 is 10.1 Å². The fourth-order valence-corrected chi connectivity index (χ4v) is 2.68. The number of hydrogen-bond acceptors (Lipinski definition) is 3. The first-order valence-corrected chi connectivity index (χ1v) is 7.73. The van der Waals surface area contributed by atoms with E-state index in [1.807, 2.05) is 0 Å². The standard InChI is InChI=1S/C18H31NO2/c1-14-11-16(12-15(2)17(14)21-6)7-8-18(3,4)13-19-9-10-20-5/h11-12,19H,7-10,13H2,1-6H3. The summed E-state index contributed by atoms with van der Waals surface area (Å²) in [6, 6.07) is 4.50. The zero-order valence-corrected chi connectivity index (χ0v) is 14.5. The third-order valence-corrected chi connectivity index (χ3v) is 3.90. The fraction of sp³-hybridized carbons (Fsp3) is 0.667. The quantitative estimate of drug-likeness (QED) is 0.707. The van der Waals surface area contributed by atoms with Crippen LogP contribution in [0.15, 0.2) is 12.1 Å². The molecule has 120 valence electrons.